The van der Waals surface area contributed by atoms with Crippen molar-refractivity contribution in [2.75, 3.05) is 7.11 Å². The molecule has 19 heavy (non-hydrogen) atoms. The molecule has 0 spiro atoms. The van der Waals surface area contributed by atoms with Gasteiger partial charge in [-0.2, -0.15) is 0 Å². The van der Waals surface area contributed by atoms with Crippen molar-refractivity contribution < 1.29 is 14.0 Å². The van der Waals surface area contributed by atoms with E-state index in [1.165, 1.54) is 0 Å². The molecule has 1 aromatic rings. The predicted molar refractivity (Wildman–Crippen MR) is 75.7 cm³/mol. The quantitative estimate of drug-likeness (QED) is 0.797. The zero-order valence-corrected chi connectivity index (χ0v) is 12.7. The van der Waals surface area contributed by atoms with Crippen molar-refractivity contribution in [2.45, 2.75) is 45.5 Å². The maximum atomic E-state index is 6.25. The van der Waals surface area contributed by atoms with Gasteiger partial charge in [-0.1, -0.05) is 11.6 Å². The number of rotatable bonds is 3. The van der Waals surface area contributed by atoms with Crippen LogP contribution in [0.25, 0.3) is 0 Å². The average molecular weight is 284 g/mol. The number of methoxy groups -OCH3 is 1. The third-order valence-electron chi connectivity index (χ3n) is 3.81. The first-order valence-electron chi connectivity index (χ1n) is 6.25. The lowest BCUT2D eigenvalue weighted by atomic mass is 9.76. The van der Waals surface area contributed by atoms with E-state index in [1.807, 2.05) is 27.7 Å². The molecule has 1 fully saturated rings. The summed E-state index contributed by atoms with van der Waals surface area (Å²) in [6.07, 6.45) is 3.33. The number of halogens is 1. The van der Waals surface area contributed by atoms with Crippen LogP contribution in [0.1, 0.15) is 33.3 Å². The molecule has 0 aromatic carbocycles. The molecular weight excluding hydrogens is 264 g/mol. The lowest BCUT2D eigenvalue weighted by Gasteiger charge is -2.32. The predicted octanol–water partition coefficient (Wildman–Crippen LogP) is 2.18. The minimum atomic E-state index is -0.495. The first-order chi connectivity index (χ1) is 8.78. The highest BCUT2D eigenvalue weighted by atomic mass is 35.5. The molecule has 6 heteroatoms. The lowest BCUT2D eigenvalue weighted by Crippen LogP contribution is -2.41. The van der Waals surface area contributed by atoms with Gasteiger partial charge in [-0.05, 0) is 33.3 Å². The van der Waals surface area contributed by atoms with E-state index >= 15 is 0 Å². The zero-order valence-electron chi connectivity index (χ0n) is 12.0. The largest absolute Gasteiger partial charge is 0.496 e. The Labute approximate surface area is 119 Å². The highest BCUT2D eigenvalue weighted by Crippen LogP contribution is 2.37. The smallest absolute Gasteiger partial charge is 0.399 e. The summed E-state index contributed by atoms with van der Waals surface area (Å²) < 4.78 is 17.2. The van der Waals surface area contributed by atoms with Crippen molar-refractivity contribution in [2.24, 2.45) is 0 Å². The summed E-state index contributed by atoms with van der Waals surface area (Å²) in [5.41, 5.74) is 0.897. The molecule has 1 saturated heterocycles. The molecule has 4 nitrogen and oxygen atoms in total. The van der Waals surface area contributed by atoms with Gasteiger partial charge in [0.25, 0.3) is 0 Å². The standard InChI is InChI=1S/C13H19BClNO3/c1-12(2)13(3,4)19-14(18-12)11-9(8-17-5)6-16-7-10(11)15/h6-7H,8H2,1-5H3. The zero-order chi connectivity index (χ0) is 14.3. The van der Waals surface area contributed by atoms with Gasteiger partial charge in [-0.25, -0.2) is 0 Å². The lowest BCUT2D eigenvalue weighted by molar-refractivity contribution is 0.00578. The van der Waals surface area contributed by atoms with Crippen molar-refractivity contribution in [1.29, 1.82) is 0 Å². The molecule has 0 saturated carbocycles. The van der Waals surface area contributed by atoms with Crippen LogP contribution in [0.5, 0.6) is 0 Å². The molecule has 0 bridgehead atoms. The molecule has 2 heterocycles. The first kappa shape index (κ1) is 14.8. The molecule has 0 amide bonds. The van der Waals surface area contributed by atoms with Crippen molar-refractivity contribution in [3.63, 3.8) is 0 Å². The molecule has 2 rings (SSSR count). The summed E-state index contributed by atoms with van der Waals surface area (Å²) in [4.78, 5) is 4.08. The second kappa shape index (κ2) is 5.06. The normalized spacial score (nSPS) is 20.8. The van der Waals surface area contributed by atoms with E-state index in [-0.39, 0.29) is 0 Å². The fourth-order valence-corrected chi connectivity index (χ4v) is 2.25. The number of pyridine rings is 1. The first-order valence-corrected chi connectivity index (χ1v) is 6.63. The van der Waals surface area contributed by atoms with Gasteiger partial charge in [0.1, 0.15) is 0 Å². The number of hydrogen-bond donors (Lipinski definition) is 0. The monoisotopic (exact) mass is 283 g/mol. The molecular formula is C13H19BClNO3. The van der Waals surface area contributed by atoms with Crippen LogP contribution in [0.4, 0.5) is 0 Å². The summed E-state index contributed by atoms with van der Waals surface area (Å²) in [6.45, 7) is 8.47. The van der Waals surface area contributed by atoms with E-state index in [2.05, 4.69) is 4.98 Å². The van der Waals surface area contributed by atoms with E-state index in [1.54, 1.807) is 19.5 Å². The van der Waals surface area contributed by atoms with Crippen molar-refractivity contribution in [1.82, 2.24) is 4.98 Å². The van der Waals surface area contributed by atoms with Crippen LogP contribution >= 0.6 is 11.6 Å². The highest BCUT2D eigenvalue weighted by Gasteiger charge is 2.52. The Morgan fingerprint density at radius 1 is 1.21 bits per heavy atom. The summed E-state index contributed by atoms with van der Waals surface area (Å²) in [6, 6.07) is 0. The number of ether oxygens (including phenoxy) is 1. The Kier molecular flexibility index (Phi) is 3.93. The summed E-state index contributed by atoms with van der Waals surface area (Å²) in [5.74, 6) is 0. The van der Waals surface area contributed by atoms with E-state index < -0.39 is 18.3 Å². The van der Waals surface area contributed by atoms with Crippen molar-refractivity contribution in [3.05, 3.63) is 23.0 Å². The average Bonchev–Trinajstić information content (AvgIpc) is 2.48. The highest BCUT2D eigenvalue weighted by molar-refractivity contribution is 6.66. The number of hydrogen-bond acceptors (Lipinski definition) is 4. The third kappa shape index (κ3) is 2.65. The van der Waals surface area contributed by atoms with Gasteiger partial charge >= 0.3 is 7.12 Å². The fourth-order valence-electron chi connectivity index (χ4n) is 1.98. The fraction of sp³-hybridized carbons (Fsp3) is 0.615. The maximum absolute atomic E-state index is 6.25. The number of nitrogens with zero attached hydrogens (tertiary/aromatic N) is 1. The SMILES string of the molecule is COCc1cncc(Cl)c1B1OC(C)(C)C(C)(C)O1. The van der Waals surface area contributed by atoms with Gasteiger partial charge in [0.2, 0.25) is 0 Å². The third-order valence-corrected chi connectivity index (χ3v) is 4.11. The van der Waals surface area contributed by atoms with Crippen molar-refractivity contribution in [3.8, 4) is 0 Å². The molecule has 0 N–H and O–H groups in total. The van der Waals surface area contributed by atoms with Gasteiger partial charge < -0.3 is 14.0 Å². The van der Waals surface area contributed by atoms with Crippen LogP contribution in [-0.4, -0.2) is 30.4 Å². The van der Waals surface area contributed by atoms with Gasteiger partial charge in [0.15, 0.2) is 0 Å². The second-order valence-electron chi connectivity index (χ2n) is 5.72. The number of aromatic nitrogens is 1. The molecule has 0 radical (unpaired) electrons. The van der Waals surface area contributed by atoms with Crippen LogP contribution in [0.3, 0.4) is 0 Å². The van der Waals surface area contributed by atoms with Gasteiger partial charge in [-0.15, -0.1) is 0 Å². The minimum absolute atomic E-state index is 0.394. The molecule has 1 aromatic heterocycles. The molecule has 0 atom stereocenters. The second-order valence-corrected chi connectivity index (χ2v) is 6.12. The van der Waals surface area contributed by atoms with E-state index in [4.69, 9.17) is 25.6 Å². The van der Waals surface area contributed by atoms with E-state index in [0.717, 1.165) is 11.0 Å². The van der Waals surface area contributed by atoms with E-state index in [0.29, 0.717) is 11.6 Å². The Balaban J connectivity index is 2.39. The minimum Gasteiger partial charge on any atom is -0.399 e. The molecule has 1 aliphatic heterocycles. The topological polar surface area (TPSA) is 40.6 Å². The van der Waals surface area contributed by atoms with Crippen molar-refractivity contribution >= 4 is 24.2 Å². The Bertz CT molecular complexity index is 463. The molecule has 0 unspecified atom stereocenters. The summed E-state index contributed by atoms with van der Waals surface area (Å²) in [5, 5.41) is 0.535. The van der Waals surface area contributed by atoms with Gasteiger partial charge in [0, 0.05) is 25.0 Å². The molecule has 0 aliphatic carbocycles. The van der Waals surface area contributed by atoms with Crippen LogP contribution in [0.15, 0.2) is 12.4 Å². The Morgan fingerprint density at radius 3 is 2.32 bits per heavy atom. The summed E-state index contributed by atoms with van der Waals surface area (Å²) >= 11 is 6.25. The van der Waals surface area contributed by atoms with Gasteiger partial charge in [0.05, 0.1) is 22.8 Å². The Hall–Kier alpha value is -0.615. The molecule has 104 valence electrons. The van der Waals surface area contributed by atoms with Gasteiger partial charge in [-0.3, -0.25) is 4.98 Å². The van der Waals surface area contributed by atoms with Crippen LogP contribution in [-0.2, 0) is 20.7 Å². The van der Waals surface area contributed by atoms with Crippen LogP contribution < -0.4 is 5.46 Å². The van der Waals surface area contributed by atoms with E-state index in [9.17, 15) is 0 Å². The summed E-state index contributed by atoms with van der Waals surface area (Å²) in [7, 11) is 1.14. The maximum Gasteiger partial charge on any atom is 0.496 e. The Morgan fingerprint density at radius 2 is 1.79 bits per heavy atom. The van der Waals surface area contributed by atoms with Crippen LogP contribution in [0, 0.1) is 0 Å². The van der Waals surface area contributed by atoms with Crippen LogP contribution in [0.2, 0.25) is 5.02 Å². The molecule has 1 aliphatic rings.